The summed E-state index contributed by atoms with van der Waals surface area (Å²) in [6.45, 7) is 0.343. The number of hydrogen-bond donors (Lipinski definition) is 2. The zero-order valence-electron chi connectivity index (χ0n) is 10.7. The fraction of sp³-hybridized carbons (Fsp3) is 0.200. The van der Waals surface area contributed by atoms with Crippen LogP contribution in [0.15, 0.2) is 48.5 Å². The molecule has 0 saturated heterocycles. The minimum Gasteiger partial charge on any atom is -0.508 e. The van der Waals surface area contributed by atoms with E-state index in [1.807, 2.05) is 30.3 Å². The van der Waals surface area contributed by atoms with Crippen molar-refractivity contribution in [1.29, 1.82) is 0 Å². The highest BCUT2D eigenvalue weighted by molar-refractivity contribution is 5.32. The maximum atomic E-state index is 9.39. The lowest BCUT2D eigenvalue weighted by Gasteiger charge is -2.14. The van der Waals surface area contributed by atoms with Gasteiger partial charge >= 0.3 is 0 Å². The Balaban J connectivity index is 1.94. The van der Waals surface area contributed by atoms with Gasteiger partial charge in [0.1, 0.15) is 23.9 Å². The number of phenols is 1. The third-order valence-corrected chi connectivity index (χ3v) is 2.79. The average Bonchev–Trinajstić information content (AvgIpc) is 2.45. The molecule has 100 valence electrons. The summed E-state index contributed by atoms with van der Waals surface area (Å²) in [6.07, 6.45) is 0. The van der Waals surface area contributed by atoms with Crippen molar-refractivity contribution in [1.82, 2.24) is 0 Å². The minimum atomic E-state index is -0.283. The fourth-order valence-electron chi connectivity index (χ4n) is 1.71. The van der Waals surface area contributed by atoms with Crippen LogP contribution >= 0.6 is 0 Å². The van der Waals surface area contributed by atoms with E-state index in [-0.39, 0.29) is 11.8 Å². The second kappa shape index (κ2) is 6.11. The monoisotopic (exact) mass is 259 g/mol. The lowest BCUT2D eigenvalue weighted by molar-refractivity contribution is 0.290. The standard InChI is InChI=1S/C15H17NO3/c1-18-13-5-7-14(8-6-13)19-10-15(16)11-3-2-4-12(17)9-11/h2-9,15,17H,10,16H2,1H3. The molecule has 4 nitrogen and oxygen atoms in total. The Morgan fingerprint density at radius 2 is 1.79 bits per heavy atom. The molecule has 0 spiro atoms. The molecule has 2 rings (SSSR count). The fourth-order valence-corrected chi connectivity index (χ4v) is 1.71. The molecule has 0 saturated carbocycles. The Bertz CT molecular complexity index is 525. The van der Waals surface area contributed by atoms with Gasteiger partial charge in [0, 0.05) is 0 Å². The predicted octanol–water partition coefficient (Wildman–Crippen LogP) is 2.48. The Hall–Kier alpha value is -2.20. The molecular formula is C15H17NO3. The molecule has 1 atom stereocenters. The van der Waals surface area contributed by atoms with Crippen LogP contribution in [0, 0.1) is 0 Å². The SMILES string of the molecule is COc1ccc(OCC(N)c2cccc(O)c2)cc1. The van der Waals surface area contributed by atoms with Crippen LogP contribution in [0.4, 0.5) is 0 Å². The zero-order valence-corrected chi connectivity index (χ0v) is 10.7. The Labute approximate surface area is 112 Å². The van der Waals surface area contributed by atoms with Crippen LogP contribution in [0.3, 0.4) is 0 Å². The zero-order chi connectivity index (χ0) is 13.7. The molecule has 3 N–H and O–H groups in total. The van der Waals surface area contributed by atoms with E-state index < -0.39 is 0 Å². The van der Waals surface area contributed by atoms with Crippen LogP contribution in [0.2, 0.25) is 0 Å². The van der Waals surface area contributed by atoms with Crippen LogP contribution in [0.5, 0.6) is 17.2 Å². The largest absolute Gasteiger partial charge is 0.508 e. The number of rotatable bonds is 5. The first kappa shape index (κ1) is 13.2. The van der Waals surface area contributed by atoms with Gasteiger partial charge in [-0.2, -0.15) is 0 Å². The Morgan fingerprint density at radius 1 is 1.11 bits per heavy atom. The Morgan fingerprint density at radius 3 is 2.42 bits per heavy atom. The van der Waals surface area contributed by atoms with Gasteiger partial charge in [0.25, 0.3) is 0 Å². The molecule has 0 amide bonds. The van der Waals surface area contributed by atoms with E-state index >= 15 is 0 Å². The first-order valence-corrected chi connectivity index (χ1v) is 6.00. The van der Waals surface area contributed by atoms with Crippen molar-refractivity contribution in [3.8, 4) is 17.2 Å². The average molecular weight is 259 g/mol. The predicted molar refractivity (Wildman–Crippen MR) is 73.5 cm³/mol. The van der Waals surface area contributed by atoms with Gasteiger partial charge in [-0.25, -0.2) is 0 Å². The van der Waals surface area contributed by atoms with Gasteiger partial charge in [-0.15, -0.1) is 0 Å². The summed E-state index contributed by atoms with van der Waals surface area (Å²) in [7, 11) is 1.62. The molecule has 19 heavy (non-hydrogen) atoms. The van der Waals surface area contributed by atoms with Crippen LogP contribution < -0.4 is 15.2 Å². The van der Waals surface area contributed by atoms with E-state index in [1.54, 1.807) is 25.3 Å². The number of nitrogens with two attached hydrogens (primary N) is 1. The molecule has 1 unspecified atom stereocenters. The van der Waals surface area contributed by atoms with Crippen molar-refractivity contribution in [3.05, 3.63) is 54.1 Å². The molecule has 2 aromatic rings. The topological polar surface area (TPSA) is 64.7 Å². The molecule has 0 aliphatic heterocycles. The maximum Gasteiger partial charge on any atom is 0.119 e. The van der Waals surface area contributed by atoms with Gasteiger partial charge in [-0.3, -0.25) is 0 Å². The van der Waals surface area contributed by atoms with Gasteiger partial charge < -0.3 is 20.3 Å². The number of benzene rings is 2. The van der Waals surface area contributed by atoms with E-state index in [1.165, 1.54) is 0 Å². The smallest absolute Gasteiger partial charge is 0.119 e. The van der Waals surface area contributed by atoms with Gasteiger partial charge in [-0.05, 0) is 42.0 Å². The number of aromatic hydroxyl groups is 1. The number of methoxy groups -OCH3 is 1. The highest BCUT2D eigenvalue weighted by Crippen LogP contribution is 2.20. The van der Waals surface area contributed by atoms with Crippen LogP contribution in [0.1, 0.15) is 11.6 Å². The third kappa shape index (κ3) is 3.63. The molecule has 0 aliphatic rings. The number of phenolic OH excluding ortho intramolecular Hbond substituents is 1. The molecule has 4 heteroatoms. The highest BCUT2D eigenvalue weighted by atomic mass is 16.5. The van der Waals surface area contributed by atoms with Crippen LogP contribution in [-0.2, 0) is 0 Å². The van der Waals surface area contributed by atoms with E-state index in [0.29, 0.717) is 6.61 Å². The number of hydrogen-bond acceptors (Lipinski definition) is 4. The summed E-state index contributed by atoms with van der Waals surface area (Å²) in [4.78, 5) is 0. The molecule has 0 fully saturated rings. The molecule has 0 aliphatic carbocycles. The van der Waals surface area contributed by atoms with Gasteiger partial charge in [0.2, 0.25) is 0 Å². The summed E-state index contributed by atoms with van der Waals surface area (Å²) in [5.74, 6) is 1.72. The third-order valence-electron chi connectivity index (χ3n) is 2.79. The van der Waals surface area contributed by atoms with Crippen molar-refractivity contribution in [2.24, 2.45) is 5.73 Å². The highest BCUT2D eigenvalue weighted by Gasteiger charge is 2.07. The van der Waals surface area contributed by atoms with Crippen molar-refractivity contribution >= 4 is 0 Å². The first-order chi connectivity index (χ1) is 9.19. The van der Waals surface area contributed by atoms with Crippen molar-refractivity contribution in [2.45, 2.75) is 6.04 Å². The van der Waals surface area contributed by atoms with Crippen LogP contribution in [0.25, 0.3) is 0 Å². The molecule has 2 aromatic carbocycles. The number of ether oxygens (including phenoxy) is 2. The normalized spacial score (nSPS) is 11.9. The van der Waals surface area contributed by atoms with Crippen molar-refractivity contribution in [3.63, 3.8) is 0 Å². The first-order valence-electron chi connectivity index (χ1n) is 6.00. The molecule has 0 aromatic heterocycles. The van der Waals surface area contributed by atoms with E-state index in [0.717, 1.165) is 17.1 Å². The molecular weight excluding hydrogens is 242 g/mol. The van der Waals surface area contributed by atoms with E-state index in [2.05, 4.69) is 0 Å². The summed E-state index contributed by atoms with van der Waals surface area (Å²) in [6, 6.07) is 13.9. The quantitative estimate of drug-likeness (QED) is 0.865. The lowest BCUT2D eigenvalue weighted by Crippen LogP contribution is -2.18. The van der Waals surface area contributed by atoms with Crippen LogP contribution in [-0.4, -0.2) is 18.8 Å². The van der Waals surface area contributed by atoms with Gasteiger partial charge in [0.15, 0.2) is 0 Å². The van der Waals surface area contributed by atoms with E-state index in [9.17, 15) is 5.11 Å². The second-order valence-electron chi connectivity index (χ2n) is 4.19. The van der Waals surface area contributed by atoms with Crippen molar-refractivity contribution in [2.75, 3.05) is 13.7 Å². The van der Waals surface area contributed by atoms with Crippen molar-refractivity contribution < 1.29 is 14.6 Å². The van der Waals surface area contributed by atoms with E-state index in [4.69, 9.17) is 15.2 Å². The summed E-state index contributed by atoms with van der Waals surface area (Å²) in [5.41, 5.74) is 6.85. The Kier molecular flexibility index (Phi) is 4.26. The minimum absolute atomic E-state index is 0.206. The molecule has 0 bridgehead atoms. The molecule has 0 heterocycles. The summed E-state index contributed by atoms with van der Waals surface area (Å²) < 4.78 is 10.7. The van der Waals surface area contributed by atoms with Gasteiger partial charge in [-0.1, -0.05) is 12.1 Å². The molecule has 0 radical (unpaired) electrons. The summed E-state index contributed by atoms with van der Waals surface area (Å²) in [5, 5.41) is 9.39. The lowest BCUT2D eigenvalue weighted by atomic mass is 10.1. The summed E-state index contributed by atoms with van der Waals surface area (Å²) >= 11 is 0. The second-order valence-corrected chi connectivity index (χ2v) is 4.19. The maximum absolute atomic E-state index is 9.39. The van der Waals surface area contributed by atoms with Gasteiger partial charge in [0.05, 0.1) is 13.2 Å².